The van der Waals surface area contributed by atoms with Gasteiger partial charge in [0.25, 0.3) is 0 Å². The van der Waals surface area contributed by atoms with Crippen LogP contribution >= 0.6 is 22.6 Å². The second-order valence-corrected chi connectivity index (χ2v) is 4.43. The number of aryl methyl sites for hydroxylation is 1. The van der Waals surface area contributed by atoms with Gasteiger partial charge in [-0.15, -0.1) is 6.58 Å². The molecule has 2 nitrogen and oxygen atoms in total. The lowest BCUT2D eigenvalue weighted by atomic mass is 10.2. The van der Waals surface area contributed by atoms with Gasteiger partial charge in [-0.3, -0.25) is 0 Å². The Morgan fingerprint density at radius 2 is 2.46 bits per heavy atom. The van der Waals surface area contributed by atoms with Crippen LogP contribution in [0.3, 0.4) is 0 Å². The van der Waals surface area contributed by atoms with E-state index in [9.17, 15) is 4.39 Å². The van der Waals surface area contributed by atoms with Crippen LogP contribution in [0.15, 0.2) is 24.9 Å². The summed E-state index contributed by atoms with van der Waals surface area (Å²) in [6, 6.07) is 1.74. The Bertz CT molecular complexity index is 312. The number of rotatable bonds is 3. The third-order valence-corrected chi connectivity index (χ3v) is 2.45. The van der Waals surface area contributed by atoms with Crippen LogP contribution in [0.1, 0.15) is 17.9 Å². The molecule has 0 saturated carbocycles. The van der Waals surface area contributed by atoms with E-state index in [2.05, 4.69) is 16.5 Å². The smallest absolute Gasteiger partial charge is 0.223 e. The van der Waals surface area contributed by atoms with E-state index >= 15 is 0 Å². The maximum absolute atomic E-state index is 13.8. The van der Waals surface area contributed by atoms with Crippen molar-refractivity contribution in [3.63, 3.8) is 0 Å². The van der Waals surface area contributed by atoms with E-state index in [-0.39, 0.29) is 12.2 Å². The topological polar surface area (TPSA) is 25.8 Å². The minimum atomic E-state index is -1.54. The molecule has 0 radical (unpaired) electrons. The van der Waals surface area contributed by atoms with Crippen molar-refractivity contribution in [3.8, 4) is 0 Å². The SMILES string of the molecule is C=CCC(F)(I)c1nccc(C)n1. The van der Waals surface area contributed by atoms with E-state index in [1.807, 2.05) is 6.92 Å². The zero-order valence-corrected chi connectivity index (χ0v) is 9.45. The highest BCUT2D eigenvalue weighted by Gasteiger charge is 2.29. The lowest BCUT2D eigenvalue weighted by molar-refractivity contribution is 0.305. The third-order valence-electron chi connectivity index (χ3n) is 1.52. The van der Waals surface area contributed by atoms with E-state index in [1.54, 1.807) is 34.9 Å². The Labute approximate surface area is 90.4 Å². The molecule has 70 valence electrons. The summed E-state index contributed by atoms with van der Waals surface area (Å²) in [5, 5.41) is 0. The molecule has 1 unspecified atom stereocenters. The number of hydrogen-bond acceptors (Lipinski definition) is 2. The highest BCUT2D eigenvalue weighted by Crippen LogP contribution is 2.34. The van der Waals surface area contributed by atoms with Gasteiger partial charge in [-0.1, -0.05) is 6.08 Å². The van der Waals surface area contributed by atoms with Gasteiger partial charge in [0.2, 0.25) is 3.68 Å². The number of alkyl halides is 2. The summed E-state index contributed by atoms with van der Waals surface area (Å²) < 4.78 is 12.3. The lowest BCUT2D eigenvalue weighted by Gasteiger charge is -2.14. The molecular formula is C9H10FIN2. The minimum absolute atomic E-state index is 0.216. The highest BCUT2D eigenvalue weighted by molar-refractivity contribution is 14.1. The van der Waals surface area contributed by atoms with Crippen molar-refractivity contribution >= 4 is 22.6 Å². The van der Waals surface area contributed by atoms with Gasteiger partial charge < -0.3 is 0 Å². The first-order valence-corrected chi connectivity index (χ1v) is 4.93. The maximum Gasteiger partial charge on any atom is 0.223 e. The molecule has 0 amide bonds. The summed E-state index contributed by atoms with van der Waals surface area (Å²) in [7, 11) is 0. The fraction of sp³-hybridized carbons (Fsp3) is 0.333. The van der Waals surface area contributed by atoms with E-state index in [0.717, 1.165) is 5.69 Å². The summed E-state index contributed by atoms with van der Waals surface area (Å²) in [6.45, 7) is 5.30. The van der Waals surface area contributed by atoms with E-state index in [4.69, 9.17) is 0 Å². The Morgan fingerprint density at radius 1 is 1.77 bits per heavy atom. The second-order valence-electron chi connectivity index (χ2n) is 2.72. The fourth-order valence-corrected chi connectivity index (χ4v) is 1.47. The molecule has 1 aromatic rings. The predicted molar refractivity (Wildman–Crippen MR) is 58.4 cm³/mol. The molecule has 1 atom stereocenters. The number of nitrogens with zero attached hydrogens (tertiary/aromatic N) is 2. The van der Waals surface area contributed by atoms with Crippen LogP contribution in [-0.2, 0) is 3.68 Å². The summed E-state index contributed by atoms with van der Waals surface area (Å²) in [6.07, 6.45) is 3.31. The largest absolute Gasteiger partial charge is 0.237 e. The van der Waals surface area contributed by atoms with Crippen LogP contribution in [0.4, 0.5) is 4.39 Å². The lowest BCUT2D eigenvalue weighted by Crippen LogP contribution is -2.14. The van der Waals surface area contributed by atoms with Gasteiger partial charge in [0.1, 0.15) is 0 Å². The van der Waals surface area contributed by atoms with Gasteiger partial charge in [-0.05, 0) is 35.6 Å². The Balaban J connectivity index is 2.99. The molecule has 1 heterocycles. The van der Waals surface area contributed by atoms with Crippen molar-refractivity contribution < 1.29 is 4.39 Å². The van der Waals surface area contributed by atoms with Crippen LogP contribution in [-0.4, -0.2) is 9.97 Å². The maximum atomic E-state index is 13.8. The van der Waals surface area contributed by atoms with Crippen molar-refractivity contribution in [2.75, 3.05) is 0 Å². The van der Waals surface area contributed by atoms with Gasteiger partial charge >= 0.3 is 0 Å². The van der Waals surface area contributed by atoms with Crippen LogP contribution in [0.25, 0.3) is 0 Å². The molecule has 1 rings (SSSR count). The number of allylic oxidation sites excluding steroid dienone is 1. The Morgan fingerprint density at radius 3 is 3.00 bits per heavy atom. The summed E-state index contributed by atoms with van der Waals surface area (Å²) in [5.74, 6) is 0.216. The van der Waals surface area contributed by atoms with Crippen LogP contribution < -0.4 is 0 Å². The van der Waals surface area contributed by atoms with Crippen molar-refractivity contribution in [2.24, 2.45) is 0 Å². The van der Waals surface area contributed by atoms with Crippen molar-refractivity contribution in [1.29, 1.82) is 0 Å². The van der Waals surface area contributed by atoms with Crippen molar-refractivity contribution in [2.45, 2.75) is 17.0 Å². The second kappa shape index (κ2) is 4.13. The monoisotopic (exact) mass is 292 g/mol. The van der Waals surface area contributed by atoms with Crippen molar-refractivity contribution in [3.05, 3.63) is 36.4 Å². The summed E-state index contributed by atoms with van der Waals surface area (Å²) in [4.78, 5) is 7.91. The number of halogens is 2. The van der Waals surface area contributed by atoms with E-state index in [1.165, 1.54) is 6.08 Å². The number of aromatic nitrogens is 2. The number of hydrogen-bond donors (Lipinski definition) is 0. The zero-order valence-electron chi connectivity index (χ0n) is 7.30. The molecule has 0 fully saturated rings. The molecule has 1 aromatic heterocycles. The Hall–Kier alpha value is -0.520. The van der Waals surface area contributed by atoms with E-state index < -0.39 is 3.68 Å². The van der Waals surface area contributed by atoms with Crippen LogP contribution in [0.5, 0.6) is 0 Å². The average Bonchev–Trinajstić information content (AvgIpc) is 2.04. The first-order valence-electron chi connectivity index (χ1n) is 3.85. The molecule has 0 spiro atoms. The molecular weight excluding hydrogens is 282 g/mol. The van der Waals surface area contributed by atoms with Crippen LogP contribution in [0.2, 0.25) is 0 Å². The van der Waals surface area contributed by atoms with Gasteiger partial charge in [-0.25, -0.2) is 14.4 Å². The molecule has 0 aromatic carbocycles. The Kier molecular flexibility index (Phi) is 3.35. The molecule has 0 N–H and O–H groups in total. The molecule has 0 aliphatic rings. The average molecular weight is 292 g/mol. The highest BCUT2D eigenvalue weighted by atomic mass is 127. The van der Waals surface area contributed by atoms with Gasteiger partial charge in [0.15, 0.2) is 5.82 Å². The molecule has 0 bridgehead atoms. The van der Waals surface area contributed by atoms with Gasteiger partial charge in [-0.2, -0.15) is 0 Å². The predicted octanol–water partition coefficient (Wildman–Crippen LogP) is 2.92. The van der Waals surface area contributed by atoms with E-state index in [0.29, 0.717) is 0 Å². The molecule has 4 heteroatoms. The first kappa shape index (κ1) is 10.6. The normalized spacial score (nSPS) is 15.0. The summed E-state index contributed by atoms with van der Waals surface area (Å²) >= 11 is 1.70. The third kappa shape index (κ3) is 2.72. The van der Waals surface area contributed by atoms with Gasteiger partial charge in [0, 0.05) is 18.3 Å². The molecule has 13 heavy (non-hydrogen) atoms. The first-order chi connectivity index (χ1) is 6.06. The molecule has 0 aliphatic heterocycles. The molecule has 0 saturated heterocycles. The zero-order chi connectivity index (χ0) is 9.90. The minimum Gasteiger partial charge on any atom is -0.237 e. The molecule has 0 aliphatic carbocycles. The standard InChI is InChI=1S/C9H10FIN2/c1-3-5-9(10,11)8-12-6-4-7(2)13-8/h3-4,6H,1,5H2,2H3. The fourth-order valence-electron chi connectivity index (χ4n) is 0.898. The quantitative estimate of drug-likeness (QED) is 0.486. The van der Waals surface area contributed by atoms with Gasteiger partial charge in [0.05, 0.1) is 0 Å². The van der Waals surface area contributed by atoms with Crippen LogP contribution in [0, 0.1) is 6.92 Å². The summed E-state index contributed by atoms with van der Waals surface area (Å²) in [5.41, 5.74) is 0.771. The van der Waals surface area contributed by atoms with Crippen molar-refractivity contribution in [1.82, 2.24) is 9.97 Å².